The van der Waals surface area contributed by atoms with Crippen LogP contribution in [0.1, 0.15) is 36.5 Å². The topological polar surface area (TPSA) is 20.2 Å². The number of hydrogen-bond acceptors (Lipinski definition) is 1. The van der Waals surface area contributed by atoms with Crippen molar-refractivity contribution < 1.29 is 5.11 Å². The number of fused-ring (bicyclic) bond motifs is 2. The molecule has 1 aromatic carbocycles. The third-order valence-corrected chi connectivity index (χ3v) is 3.98. The van der Waals surface area contributed by atoms with Gasteiger partial charge in [0, 0.05) is 0 Å². The van der Waals surface area contributed by atoms with Crippen LogP contribution in [0.3, 0.4) is 0 Å². The first kappa shape index (κ1) is 8.49. The minimum atomic E-state index is -0.188. The van der Waals surface area contributed by atoms with Crippen LogP contribution in [-0.2, 0) is 6.42 Å². The van der Waals surface area contributed by atoms with Gasteiger partial charge in [0.1, 0.15) is 0 Å². The van der Waals surface area contributed by atoms with E-state index < -0.39 is 0 Å². The molecule has 14 heavy (non-hydrogen) atoms. The van der Waals surface area contributed by atoms with Gasteiger partial charge in [-0.1, -0.05) is 30.7 Å². The van der Waals surface area contributed by atoms with Crippen molar-refractivity contribution >= 4 is 0 Å². The smallest absolute Gasteiger partial charge is 0.0823 e. The van der Waals surface area contributed by atoms with E-state index in [9.17, 15) is 5.11 Å². The highest BCUT2D eigenvalue weighted by atomic mass is 16.3. The standard InChI is InChI=1S/C13H16O/c14-13-11-6-2-1-4-9(11)8-10-5-3-7-12(10)13/h1-2,4,6,10,12-14H,3,5,7-8H2. The van der Waals surface area contributed by atoms with Gasteiger partial charge in [0.25, 0.3) is 0 Å². The van der Waals surface area contributed by atoms with E-state index in [0.29, 0.717) is 5.92 Å². The predicted octanol–water partition coefficient (Wildman–Crippen LogP) is 2.69. The molecule has 3 rings (SSSR count). The number of hydrogen-bond donors (Lipinski definition) is 1. The minimum Gasteiger partial charge on any atom is -0.388 e. The van der Waals surface area contributed by atoms with Gasteiger partial charge in [-0.25, -0.2) is 0 Å². The van der Waals surface area contributed by atoms with E-state index in [2.05, 4.69) is 18.2 Å². The summed E-state index contributed by atoms with van der Waals surface area (Å²) in [6.45, 7) is 0. The molecule has 0 amide bonds. The van der Waals surface area contributed by atoms with Crippen molar-refractivity contribution in [2.24, 2.45) is 11.8 Å². The van der Waals surface area contributed by atoms with Gasteiger partial charge in [0.05, 0.1) is 6.10 Å². The Bertz CT molecular complexity index is 345. The van der Waals surface area contributed by atoms with E-state index in [1.165, 1.54) is 36.8 Å². The molecular formula is C13H16O. The largest absolute Gasteiger partial charge is 0.388 e. The van der Waals surface area contributed by atoms with E-state index in [1.54, 1.807) is 0 Å². The quantitative estimate of drug-likeness (QED) is 0.663. The number of aliphatic hydroxyl groups is 1. The van der Waals surface area contributed by atoms with E-state index in [1.807, 2.05) is 6.07 Å². The second-order valence-electron chi connectivity index (χ2n) is 4.70. The number of benzene rings is 1. The highest BCUT2D eigenvalue weighted by Gasteiger charge is 2.38. The molecule has 74 valence electrons. The molecule has 0 heterocycles. The fourth-order valence-corrected chi connectivity index (χ4v) is 3.26. The summed E-state index contributed by atoms with van der Waals surface area (Å²) in [4.78, 5) is 0. The van der Waals surface area contributed by atoms with Gasteiger partial charge in [-0.15, -0.1) is 0 Å². The highest BCUT2D eigenvalue weighted by molar-refractivity contribution is 5.33. The Hall–Kier alpha value is -0.820. The summed E-state index contributed by atoms with van der Waals surface area (Å²) in [6, 6.07) is 8.39. The number of aliphatic hydroxyl groups excluding tert-OH is 1. The Kier molecular flexibility index (Phi) is 1.88. The van der Waals surface area contributed by atoms with Gasteiger partial charge in [0.2, 0.25) is 0 Å². The Labute approximate surface area is 84.8 Å². The van der Waals surface area contributed by atoms with Crippen LogP contribution in [0.25, 0.3) is 0 Å². The average Bonchev–Trinajstić information content (AvgIpc) is 2.66. The van der Waals surface area contributed by atoms with E-state index in [0.717, 1.165) is 5.92 Å². The molecule has 0 spiro atoms. The van der Waals surface area contributed by atoms with Crippen molar-refractivity contribution in [3.05, 3.63) is 35.4 Å². The summed E-state index contributed by atoms with van der Waals surface area (Å²) >= 11 is 0. The van der Waals surface area contributed by atoms with Crippen LogP contribution in [0.2, 0.25) is 0 Å². The van der Waals surface area contributed by atoms with Crippen LogP contribution in [0.5, 0.6) is 0 Å². The predicted molar refractivity (Wildman–Crippen MR) is 55.9 cm³/mol. The van der Waals surface area contributed by atoms with E-state index >= 15 is 0 Å². The first-order valence-corrected chi connectivity index (χ1v) is 5.62. The molecule has 1 fully saturated rings. The fraction of sp³-hybridized carbons (Fsp3) is 0.538. The van der Waals surface area contributed by atoms with Gasteiger partial charge >= 0.3 is 0 Å². The lowest BCUT2D eigenvalue weighted by Crippen LogP contribution is -2.25. The summed E-state index contributed by atoms with van der Waals surface area (Å²) in [7, 11) is 0. The maximum Gasteiger partial charge on any atom is 0.0823 e. The van der Waals surface area contributed by atoms with Gasteiger partial charge in [-0.2, -0.15) is 0 Å². The van der Waals surface area contributed by atoms with Crippen LogP contribution in [-0.4, -0.2) is 5.11 Å². The normalized spacial score (nSPS) is 35.1. The van der Waals surface area contributed by atoms with Crippen LogP contribution in [0, 0.1) is 11.8 Å². The molecule has 2 aliphatic rings. The van der Waals surface area contributed by atoms with Crippen molar-refractivity contribution in [2.75, 3.05) is 0 Å². The van der Waals surface area contributed by atoms with Crippen molar-refractivity contribution in [3.63, 3.8) is 0 Å². The monoisotopic (exact) mass is 188 g/mol. The van der Waals surface area contributed by atoms with Gasteiger partial charge in [-0.05, 0) is 42.2 Å². The lowest BCUT2D eigenvalue weighted by molar-refractivity contribution is 0.0742. The zero-order valence-corrected chi connectivity index (χ0v) is 8.32. The molecule has 0 aliphatic heterocycles. The van der Waals surface area contributed by atoms with E-state index in [-0.39, 0.29) is 6.10 Å². The Morgan fingerprint density at radius 2 is 2.00 bits per heavy atom. The van der Waals surface area contributed by atoms with Crippen LogP contribution in [0.15, 0.2) is 24.3 Å². The molecule has 3 atom stereocenters. The summed E-state index contributed by atoms with van der Waals surface area (Å²) in [5, 5.41) is 10.2. The zero-order valence-electron chi connectivity index (χ0n) is 8.32. The third-order valence-electron chi connectivity index (χ3n) is 3.98. The molecule has 0 bridgehead atoms. The average molecular weight is 188 g/mol. The molecule has 1 N–H and O–H groups in total. The summed E-state index contributed by atoms with van der Waals surface area (Å²) in [6.07, 6.45) is 4.85. The maximum absolute atomic E-state index is 10.2. The molecule has 1 nitrogen and oxygen atoms in total. The zero-order chi connectivity index (χ0) is 9.54. The molecule has 0 aromatic heterocycles. The van der Waals surface area contributed by atoms with Crippen molar-refractivity contribution in [2.45, 2.75) is 31.8 Å². The molecule has 0 radical (unpaired) electrons. The lowest BCUT2D eigenvalue weighted by atomic mass is 9.76. The van der Waals surface area contributed by atoms with Crippen LogP contribution in [0.4, 0.5) is 0 Å². The maximum atomic E-state index is 10.2. The molecule has 3 unspecified atom stereocenters. The van der Waals surface area contributed by atoms with Crippen LogP contribution >= 0.6 is 0 Å². The van der Waals surface area contributed by atoms with Crippen molar-refractivity contribution in [1.82, 2.24) is 0 Å². The van der Waals surface area contributed by atoms with Crippen LogP contribution < -0.4 is 0 Å². The molecule has 1 heteroatoms. The van der Waals surface area contributed by atoms with Gasteiger partial charge in [0.15, 0.2) is 0 Å². The van der Waals surface area contributed by atoms with Crippen molar-refractivity contribution in [1.29, 1.82) is 0 Å². The Morgan fingerprint density at radius 1 is 1.14 bits per heavy atom. The molecular weight excluding hydrogens is 172 g/mol. The first-order valence-electron chi connectivity index (χ1n) is 5.62. The molecule has 1 saturated carbocycles. The molecule has 0 saturated heterocycles. The molecule has 1 aromatic rings. The summed E-state index contributed by atoms with van der Waals surface area (Å²) < 4.78 is 0. The fourth-order valence-electron chi connectivity index (χ4n) is 3.26. The lowest BCUT2D eigenvalue weighted by Gasteiger charge is -2.32. The summed E-state index contributed by atoms with van der Waals surface area (Å²) in [5.74, 6) is 1.30. The second kappa shape index (κ2) is 3.09. The Balaban J connectivity index is 2.04. The minimum absolute atomic E-state index is 0.188. The van der Waals surface area contributed by atoms with Crippen molar-refractivity contribution in [3.8, 4) is 0 Å². The SMILES string of the molecule is OC1c2ccccc2CC2CCCC21. The second-order valence-corrected chi connectivity index (χ2v) is 4.70. The molecule has 2 aliphatic carbocycles. The third kappa shape index (κ3) is 1.12. The first-order chi connectivity index (χ1) is 6.86. The summed E-state index contributed by atoms with van der Waals surface area (Å²) in [5.41, 5.74) is 2.57. The highest BCUT2D eigenvalue weighted by Crippen LogP contribution is 2.46. The number of rotatable bonds is 0. The van der Waals surface area contributed by atoms with Gasteiger partial charge in [-0.3, -0.25) is 0 Å². The van der Waals surface area contributed by atoms with E-state index in [4.69, 9.17) is 0 Å². The Morgan fingerprint density at radius 3 is 2.93 bits per heavy atom. The van der Waals surface area contributed by atoms with Gasteiger partial charge < -0.3 is 5.11 Å².